The normalized spacial score (nSPS) is 20.6. The number of amides is 2. The van der Waals surface area contributed by atoms with E-state index in [0.717, 1.165) is 0 Å². The topological polar surface area (TPSA) is 102 Å². The molecule has 2 aliphatic heterocycles. The van der Waals surface area contributed by atoms with E-state index < -0.39 is 23.0 Å². The first kappa shape index (κ1) is 20.0. The summed E-state index contributed by atoms with van der Waals surface area (Å²) in [5.41, 5.74) is -0.893. The summed E-state index contributed by atoms with van der Waals surface area (Å²) in [4.78, 5) is 48.8. The summed E-state index contributed by atoms with van der Waals surface area (Å²) in [5.74, 6) is -1.12. The van der Waals surface area contributed by atoms with Crippen molar-refractivity contribution in [3.63, 3.8) is 0 Å². The van der Waals surface area contributed by atoms with Crippen LogP contribution >= 0.6 is 0 Å². The largest absolute Gasteiger partial charge is 0.466 e. The van der Waals surface area contributed by atoms with Gasteiger partial charge in [0.2, 0.25) is 0 Å². The van der Waals surface area contributed by atoms with E-state index in [1.165, 1.54) is 18.6 Å². The SMILES string of the molecule is CCOC(=O)C1CN(C(=O)c2cnccn2)CC12CN(C(=O)OC(C)(C)C)C2. The van der Waals surface area contributed by atoms with Crippen LogP contribution in [0, 0.1) is 11.3 Å². The molecule has 28 heavy (non-hydrogen) atoms. The van der Waals surface area contributed by atoms with Crippen LogP contribution < -0.4 is 0 Å². The first-order valence-electron chi connectivity index (χ1n) is 9.35. The zero-order valence-corrected chi connectivity index (χ0v) is 16.7. The predicted molar refractivity (Wildman–Crippen MR) is 98.3 cm³/mol. The Morgan fingerprint density at radius 1 is 1.18 bits per heavy atom. The Hall–Kier alpha value is -2.71. The van der Waals surface area contributed by atoms with E-state index in [9.17, 15) is 14.4 Å². The molecule has 1 unspecified atom stereocenters. The van der Waals surface area contributed by atoms with Gasteiger partial charge < -0.3 is 19.3 Å². The van der Waals surface area contributed by atoms with Crippen LogP contribution in [0.4, 0.5) is 4.79 Å². The van der Waals surface area contributed by atoms with Gasteiger partial charge in [0.05, 0.1) is 18.7 Å². The molecular formula is C19H26N4O5. The lowest BCUT2D eigenvalue weighted by molar-refractivity contribution is -0.155. The number of rotatable bonds is 3. The van der Waals surface area contributed by atoms with E-state index in [1.54, 1.807) is 37.5 Å². The van der Waals surface area contributed by atoms with Crippen molar-refractivity contribution in [2.24, 2.45) is 11.3 Å². The zero-order chi connectivity index (χ0) is 20.5. The molecule has 1 aromatic rings. The lowest BCUT2D eigenvalue weighted by atomic mass is 9.71. The molecule has 9 nitrogen and oxygen atoms in total. The first-order valence-corrected chi connectivity index (χ1v) is 9.35. The zero-order valence-electron chi connectivity index (χ0n) is 16.7. The molecule has 0 aromatic carbocycles. The Morgan fingerprint density at radius 2 is 1.86 bits per heavy atom. The van der Waals surface area contributed by atoms with Crippen LogP contribution in [0.15, 0.2) is 18.6 Å². The van der Waals surface area contributed by atoms with Gasteiger partial charge in [-0.25, -0.2) is 9.78 Å². The van der Waals surface area contributed by atoms with E-state index in [-0.39, 0.29) is 30.7 Å². The summed E-state index contributed by atoms with van der Waals surface area (Å²) in [5, 5.41) is 0. The quantitative estimate of drug-likeness (QED) is 0.718. The molecule has 9 heteroatoms. The molecule has 1 spiro atoms. The smallest absolute Gasteiger partial charge is 0.410 e. The number of hydrogen-bond donors (Lipinski definition) is 0. The van der Waals surface area contributed by atoms with Gasteiger partial charge in [-0.2, -0.15) is 0 Å². The van der Waals surface area contributed by atoms with Crippen molar-refractivity contribution >= 4 is 18.0 Å². The van der Waals surface area contributed by atoms with E-state index >= 15 is 0 Å². The van der Waals surface area contributed by atoms with Gasteiger partial charge in [0.15, 0.2) is 0 Å². The number of ether oxygens (including phenoxy) is 2. The number of hydrogen-bond acceptors (Lipinski definition) is 7. The molecule has 2 amide bonds. The molecule has 1 atom stereocenters. The predicted octanol–water partition coefficient (Wildman–Crippen LogP) is 1.35. The van der Waals surface area contributed by atoms with Gasteiger partial charge >= 0.3 is 12.1 Å². The lowest BCUT2D eigenvalue weighted by Gasteiger charge is -2.49. The number of likely N-dealkylation sites (tertiary alicyclic amines) is 2. The third kappa shape index (κ3) is 3.93. The van der Waals surface area contributed by atoms with Crippen molar-refractivity contribution in [3.8, 4) is 0 Å². The highest BCUT2D eigenvalue weighted by Gasteiger charge is 2.60. The average molecular weight is 390 g/mol. The molecule has 3 heterocycles. The van der Waals surface area contributed by atoms with E-state index in [1.807, 2.05) is 0 Å². The second-order valence-electron chi connectivity index (χ2n) is 8.28. The molecule has 2 aliphatic rings. The first-order chi connectivity index (χ1) is 13.1. The van der Waals surface area contributed by atoms with Crippen LogP contribution in [0.5, 0.6) is 0 Å². The number of carbonyl (C=O) groups excluding carboxylic acids is 3. The van der Waals surface area contributed by atoms with Gasteiger partial charge in [0.1, 0.15) is 11.3 Å². The van der Waals surface area contributed by atoms with Gasteiger partial charge in [-0.05, 0) is 27.7 Å². The minimum absolute atomic E-state index is 0.227. The molecule has 152 valence electrons. The Kier molecular flexibility index (Phi) is 5.27. The van der Waals surface area contributed by atoms with E-state index in [0.29, 0.717) is 19.6 Å². The van der Waals surface area contributed by atoms with Crippen LogP contribution in [0.25, 0.3) is 0 Å². The van der Waals surface area contributed by atoms with Crippen LogP contribution in [-0.4, -0.2) is 76.1 Å². The van der Waals surface area contributed by atoms with Crippen LogP contribution in [0.2, 0.25) is 0 Å². The van der Waals surface area contributed by atoms with Crippen molar-refractivity contribution in [2.45, 2.75) is 33.3 Å². The minimum Gasteiger partial charge on any atom is -0.466 e. The molecule has 0 N–H and O–H groups in total. The van der Waals surface area contributed by atoms with E-state index in [4.69, 9.17) is 9.47 Å². The molecule has 0 aliphatic carbocycles. The number of aromatic nitrogens is 2. The van der Waals surface area contributed by atoms with Crippen molar-refractivity contribution in [2.75, 3.05) is 32.8 Å². The summed E-state index contributed by atoms with van der Waals surface area (Å²) < 4.78 is 10.6. The minimum atomic E-state index is -0.593. The number of carbonyl (C=O) groups is 3. The molecule has 3 rings (SSSR count). The summed E-state index contributed by atoms with van der Waals surface area (Å²) >= 11 is 0. The number of nitrogens with zero attached hydrogens (tertiary/aromatic N) is 4. The summed E-state index contributed by atoms with van der Waals surface area (Å²) in [6.07, 6.45) is 3.93. The van der Waals surface area contributed by atoms with Crippen LogP contribution in [0.3, 0.4) is 0 Å². The van der Waals surface area contributed by atoms with Crippen LogP contribution in [0.1, 0.15) is 38.2 Å². The highest BCUT2D eigenvalue weighted by Crippen LogP contribution is 2.45. The summed E-state index contributed by atoms with van der Waals surface area (Å²) in [6, 6.07) is 0. The Bertz CT molecular complexity index is 755. The van der Waals surface area contributed by atoms with Gasteiger partial charge in [0, 0.05) is 44.0 Å². The fourth-order valence-electron chi connectivity index (χ4n) is 3.75. The Morgan fingerprint density at radius 3 is 2.43 bits per heavy atom. The number of esters is 1. The summed E-state index contributed by atoms with van der Waals surface area (Å²) in [6.45, 7) is 8.69. The van der Waals surface area contributed by atoms with Crippen molar-refractivity contribution in [1.82, 2.24) is 19.8 Å². The van der Waals surface area contributed by atoms with Crippen molar-refractivity contribution in [1.29, 1.82) is 0 Å². The molecule has 2 saturated heterocycles. The lowest BCUT2D eigenvalue weighted by Crippen LogP contribution is -2.64. The van der Waals surface area contributed by atoms with Crippen molar-refractivity contribution < 1.29 is 23.9 Å². The molecular weight excluding hydrogens is 364 g/mol. The highest BCUT2D eigenvalue weighted by molar-refractivity contribution is 5.93. The van der Waals surface area contributed by atoms with Gasteiger partial charge in [-0.15, -0.1) is 0 Å². The maximum Gasteiger partial charge on any atom is 0.410 e. The molecule has 2 fully saturated rings. The maximum atomic E-state index is 12.8. The van der Waals surface area contributed by atoms with Crippen LogP contribution in [-0.2, 0) is 14.3 Å². The second-order valence-corrected chi connectivity index (χ2v) is 8.28. The second kappa shape index (κ2) is 7.37. The van der Waals surface area contributed by atoms with Gasteiger partial charge in [-0.3, -0.25) is 14.6 Å². The monoisotopic (exact) mass is 390 g/mol. The fourth-order valence-corrected chi connectivity index (χ4v) is 3.75. The molecule has 0 bridgehead atoms. The van der Waals surface area contributed by atoms with Crippen molar-refractivity contribution in [3.05, 3.63) is 24.3 Å². The Balaban J connectivity index is 1.74. The standard InChI is InChI=1S/C19H26N4O5/c1-5-27-16(25)13-9-22(15(24)14-8-20-6-7-21-14)10-19(13)11-23(12-19)17(26)28-18(2,3)4/h6-8,13H,5,9-12H2,1-4H3. The average Bonchev–Trinajstić information content (AvgIpc) is 3.00. The summed E-state index contributed by atoms with van der Waals surface area (Å²) in [7, 11) is 0. The molecule has 0 saturated carbocycles. The van der Waals surface area contributed by atoms with Gasteiger partial charge in [0.25, 0.3) is 5.91 Å². The third-order valence-electron chi connectivity index (χ3n) is 4.95. The molecule has 1 aromatic heterocycles. The molecule has 0 radical (unpaired) electrons. The fraction of sp³-hybridized carbons (Fsp3) is 0.632. The maximum absolute atomic E-state index is 12.8. The van der Waals surface area contributed by atoms with E-state index in [2.05, 4.69) is 9.97 Å². The Labute approximate surface area is 164 Å². The third-order valence-corrected chi connectivity index (χ3v) is 4.95. The highest BCUT2D eigenvalue weighted by atomic mass is 16.6. The van der Waals surface area contributed by atoms with Gasteiger partial charge in [-0.1, -0.05) is 0 Å².